The first kappa shape index (κ1) is 12.7. The van der Waals surface area contributed by atoms with E-state index in [-0.39, 0.29) is 0 Å². The molecule has 4 rings (SSSR count). The van der Waals surface area contributed by atoms with Crippen molar-refractivity contribution in [3.63, 3.8) is 0 Å². The van der Waals surface area contributed by atoms with E-state index in [9.17, 15) is 0 Å². The average Bonchev–Trinajstić information content (AvgIpc) is 2.75. The van der Waals surface area contributed by atoms with Gasteiger partial charge in [0.25, 0.3) is 0 Å². The first-order chi connectivity index (χ1) is 9.21. The van der Waals surface area contributed by atoms with Crippen molar-refractivity contribution in [2.24, 2.45) is 16.7 Å². The standard InChI is InChI=1S/C18H31N/c1-15(19-13-18(14-19)9-4-10-18)16-5-11-17(12-6-16)7-2-3-8-17/h15-16H,2-14H2,1H3. The molecule has 108 valence electrons. The topological polar surface area (TPSA) is 3.24 Å². The molecule has 4 aliphatic rings. The van der Waals surface area contributed by atoms with Gasteiger partial charge >= 0.3 is 0 Å². The van der Waals surface area contributed by atoms with Crippen molar-refractivity contribution in [2.45, 2.75) is 83.6 Å². The SMILES string of the molecule is CC(C1CCC2(CCCC2)CC1)N1CC2(CCC2)C1. The van der Waals surface area contributed by atoms with E-state index in [1.807, 2.05) is 0 Å². The van der Waals surface area contributed by atoms with Crippen molar-refractivity contribution >= 4 is 0 Å². The average molecular weight is 261 g/mol. The van der Waals surface area contributed by atoms with Crippen LogP contribution in [-0.2, 0) is 0 Å². The maximum atomic E-state index is 2.82. The molecule has 1 nitrogen and oxygen atoms in total. The van der Waals surface area contributed by atoms with Crippen LogP contribution in [0.2, 0.25) is 0 Å². The zero-order chi connectivity index (χ0) is 12.9. The third-order valence-corrected chi connectivity index (χ3v) is 7.50. The van der Waals surface area contributed by atoms with Crippen LogP contribution in [0.3, 0.4) is 0 Å². The number of rotatable bonds is 2. The van der Waals surface area contributed by atoms with Gasteiger partial charge in [0, 0.05) is 19.1 Å². The Kier molecular flexibility index (Phi) is 2.99. The molecule has 0 amide bonds. The predicted octanol–water partition coefficient (Wildman–Crippen LogP) is 4.61. The van der Waals surface area contributed by atoms with E-state index in [0.717, 1.165) is 22.8 Å². The van der Waals surface area contributed by atoms with Crippen LogP contribution in [0.1, 0.15) is 77.6 Å². The molecule has 1 aliphatic heterocycles. The van der Waals surface area contributed by atoms with Crippen LogP contribution in [0.25, 0.3) is 0 Å². The van der Waals surface area contributed by atoms with Crippen LogP contribution in [0.5, 0.6) is 0 Å². The largest absolute Gasteiger partial charge is 0.299 e. The molecule has 0 aromatic heterocycles. The summed E-state index contributed by atoms with van der Waals surface area (Å²) in [4.78, 5) is 2.82. The summed E-state index contributed by atoms with van der Waals surface area (Å²) in [7, 11) is 0. The van der Waals surface area contributed by atoms with Gasteiger partial charge in [0.05, 0.1) is 0 Å². The minimum absolute atomic E-state index is 0.815. The molecule has 1 heteroatoms. The fourth-order valence-electron chi connectivity index (χ4n) is 5.75. The third-order valence-electron chi connectivity index (χ3n) is 7.50. The number of nitrogens with zero attached hydrogens (tertiary/aromatic N) is 1. The maximum Gasteiger partial charge on any atom is 0.00956 e. The molecule has 3 aliphatic carbocycles. The van der Waals surface area contributed by atoms with Crippen LogP contribution in [-0.4, -0.2) is 24.0 Å². The minimum atomic E-state index is 0.815. The van der Waals surface area contributed by atoms with Crippen molar-refractivity contribution < 1.29 is 0 Å². The summed E-state index contributed by atoms with van der Waals surface area (Å²) < 4.78 is 0. The van der Waals surface area contributed by atoms with Crippen molar-refractivity contribution in [1.82, 2.24) is 4.90 Å². The lowest BCUT2D eigenvalue weighted by atomic mass is 9.62. The molecular formula is C18H31N. The molecule has 2 spiro atoms. The summed E-state index contributed by atoms with van der Waals surface area (Å²) in [5, 5.41) is 0. The van der Waals surface area contributed by atoms with Gasteiger partial charge in [-0.15, -0.1) is 0 Å². The van der Waals surface area contributed by atoms with Crippen molar-refractivity contribution in [3.05, 3.63) is 0 Å². The Labute approximate surface area is 119 Å². The van der Waals surface area contributed by atoms with Gasteiger partial charge < -0.3 is 0 Å². The highest BCUT2D eigenvalue weighted by atomic mass is 15.2. The predicted molar refractivity (Wildman–Crippen MR) is 80.2 cm³/mol. The van der Waals surface area contributed by atoms with E-state index >= 15 is 0 Å². The van der Waals surface area contributed by atoms with E-state index in [4.69, 9.17) is 0 Å². The fraction of sp³-hybridized carbons (Fsp3) is 1.00. The molecule has 1 heterocycles. The first-order valence-electron chi connectivity index (χ1n) is 8.95. The molecule has 1 unspecified atom stereocenters. The summed E-state index contributed by atoms with van der Waals surface area (Å²) in [6, 6.07) is 0.880. The van der Waals surface area contributed by atoms with Gasteiger partial charge in [-0.25, -0.2) is 0 Å². The van der Waals surface area contributed by atoms with Gasteiger partial charge in [0.15, 0.2) is 0 Å². The fourth-order valence-corrected chi connectivity index (χ4v) is 5.75. The molecule has 4 fully saturated rings. The van der Waals surface area contributed by atoms with Gasteiger partial charge in [-0.2, -0.15) is 0 Å². The molecule has 19 heavy (non-hydrogen) atoms. The normalized spacial score (nSPS) is 35.2. The maximum absolute atomic E-state index is 2.82. The zero-order valence-corrected chi connectivity index (χ0v) is 12.8. The number of hydrogen-bond donors (Lipinski definition) is 0. The van der Waals surface area contributed by atoms with Gasteiger partial charge in [0.1, 0.15) is 0 Å². The lowest BCUT2D eigenvalue weighted by molar-refractivity contribution is -0.0960. The zero-order valence-electron chi connectivity index (χ0n) is 12.8. The van der Waals surface area contributed by atoms with Crippen LogP contribution in [0, 0.1) is 16.7 Å². The van der Waals surface area contributed by atoms with Gasteiger partial charge in [-0.3, -0.25) is 4.90 Å². The van der Waals surface area contributed by atoms with Crippen molar-refractivity contribution in [1.29, 1.82) is 0 Å². The highest BCUT2D eigenvalue weighted by molar-refractivity contribution is 5.03. The van der Waals surface area contributed by atoms with Crippen LogP contribution >= 0.6 is 0 Å². The highest BCUT2D eigenvalue weighted by Gasteiger charge is 2.50. The Balaban J connectivity index is 1.29. The molecule has 0 N–H and O–H groups in total. The van der Waals surface area contributed by atoms with E-state index < -0.39 is 0 Å². The highest BCUT2D eigenvalue weighted by Crippen LogP contribution is 2.53. The minimum Gasteiger partial charge on any atom is -0.299 e. The second kappa shape index (κ2) is 4.48. The van der Waals surface area contributed by atoms with Gasteiger partial charge in [-0.1, -0.05) is 19.3 Å². The van der Waals surface area contributed by atoms with Crippen LogP contribution in [0.15, 0.2) is 0 Å². The van der Waals surface area contributed by atoms with E-state index in [1.54, 1.807) is 25.7 Å². The molecule has 3 saturated carbocycles. The van der Waals surface area contributed by atoms with E-state index in [1.165, 1.54) is 58.0 Å². The lowest BCUT2D eigenvalue weighted by Gasteiger charge is -2.59. The summed E-state index contributed by atoms with van der Waals surface area (Å²) in [6.07, 6.45) is 16.9. The quantitative estimate of drug-likeness (QED) is 0.701. The van der Waals surface area contributed by atoms with Gasteiger partial charge in [-0.05, 0) is 75.0 Å². The van der Waals surface area contributed by atoms with Crippen molar-refractivity contribution in [3.8, 4) is 0 Å². The van der Waals surface area contributed by atoms with Gasteiger partial charge in [0.2, 0.25) is 0 Å². The number of likely N-dealkylation sites (tertiary alicyclic amines) is 1. The Morgan fingerprint density at radius 1 is 0.789 bits per heavy atom. The molecule has 0 radical (unpaired) electrons. The molecule has 0 bridgehead atoms. The first-order valence-corrected chi connectivity index (χ1v) is 8.95. The van der Waals surface area contributed by atoms with Crippen LogP contribution < -0.4 is 0 Å². The molecule has 0 aromatic carbocycles. The molecule has 1 saturated heterocycles. The summed E-state index contributed by atoms with van der Waals surface area (Å²) >= 11 is 0. The lowest BCUT2D eigenvalue weighted by Crippen LogP contribution is -2.63. The Hall–Kier alpha value is -0.0400. The summed E-state index contributed by atoms with van der Waals surface area (Å²) in [5.74, 6) is 1.02. The Bertz CT molecular complexity index is 320. The van der Waals surface area contributed by atoms with E-state index in [2.05, 4.69) is 11.8 Å². The molecule has 0 aromatic rings. The van der Waals surface area contributed by atoms with Crippen LogP contribution in [0.4, 0.5) is 0 Å². The summed E-state index contributed by atoms with van der Waals surface area (Å²) in [5.41, 5.74) is 1.63. The monoisotopic (exact) mass is 261 g/mol. The number of hydrogen-bond acceptors (Lipinski definition) is 1. The third kappa shape index (κ3) is 2.07. The smallest absolute Gasteiger partial charge is 0.00956 e. The molecular weight excluding hydrogens is 230 g/mol. The Morgan fingerprint density at radius 2 is 1.37 bits per heavy atom. The second-order valence-corrected chi connectivity index (χ2v) is 8.54. The molecule has 1 atom stereocenters. The van der Waals surface area contributed by atoms with E-state index in [0.29, 0.717) is 0 Å². The Morgan fingerprint density at radius 3 is 1.89 bits per heavy atom. The van der Waals surface area contributed by atoms with Crippen molar-refractivity contribution in [2.75, 3.05) is 13.1 Å². The second-order valence-electron chi connectivity index (χ2n) is 8.54. The summed E-state index contributed by atoms with van der Waals surface area (Å²) in [6.45, 7) is 5.41.